The molecule has 0 bridgehead atoms. The van der Waals surface area contributed by atoms with Gasteiger partial charge in [-0.25, -0.2) is 4.79 Å². The van der Waals surface area contributed by atoms with Crippen LogP contribution in [0.4, 0.5) is 0 Å². The number of nitrogens with zero attached hydrogens (tertiary/aromatic N) is 2. The highest BCUT2D eigenvalue weighted by molar-refractivity contribution is 6.35. The quantitative estimate of drug-likeness (QED) is 0.866. The second kappa shape index (κ2) is 6.81. The van der Waals surface area contributed by atoms with Gasteiger partial charge in [0.25, 0.3) is 5.91 Å². The molecule has 1 aromatic carbocycles. The fourth-order valence-corrected chi connectivity index (χ4v) is 2.39. The van der Waals surface area contributed by atoms with E-state index < -0.39 is 17.9 Å². The van der Waals surface area contributed by atoms with Crippen molar-refractivity contribution in [1.82, 2.24) is 15.1 Å². The maximum absolute atomic E-state index is 12.2. The fourth-order valence-electron chi connectivity index (χ4n) is 1.87. The van der Waals surface area contributed by atoms with E-state index in [0.29, 0.717) is 16.1 Å². The summed E-state index contributed by atoms with van der Waals surface area (Å²) in [5, 5.41) is 7.17. The molecular formula is C14H13Cl2N3O3. The van der Waals surface area contributed by atoms with Gasteiger partial charge in [0.2, 0.25) is 0 Å². The normalized spacial score (nSPS) is 11.8. The van der Waals surface area contributed by atoms with Crippen LogP contribution in [0.15, 0.2) is 30.6 Å². The molecule has 0 aliphatic rings. The van der Waals surface area contributed by atoms with Gasteiger partial charge in [0.1, 0.15) is 0 Å². The van der Waals surface area contributed by atoms with Crippen LogP contribution < -0.4 is 5.32 Å². The Morgan fingerprint density at radius 3 is 2.64 bits per heavy atom. The topological polar surface area (TPSA) is 73.2 Å². The number of benzene rings is 1. The molecule has 1 aromatic heterocycles. The van der Waals surface area contributed by atoms with Gasteiger partial charge >= 0.3 is 5.97 Å². The zero-order valence-electron chi connectivity index (χ0n) is 11.8. The molecule has 0 saturated heterocycles. The molecule has 2 rings (SSSR count). The van der Waals surface area contributed by atoms with Crippen molar-refractivity contribution >= 4 is 35.1 Å². The number of amides is 1. The Hall–Kier alpha value is -2.05. The first-order valence-corrected chi connectivity index (χ1v) is 7.00. The van der Waals surface area contributed by atoms with Crippen LogP contribution in [-0.4, -0.2) is 28.8 Å². The Bertz CT molecular complexity index is 715. The molecule has 0 radical (unpaired) electrons. The summed E-state index contributed by atoms with van der Waals surface area (Å²) < 4.78 is 6.21. The summed E-state index contributed by atoms with van der Waals surface area (Å²) in [6, 6.07) is 3.59. The average molecular weight is 342 g/mol. The molecule has 0 aliphatic heterocycles. The summed E-state index contributed by atoms with van der Waals surface area (Å²) in [5.74, 6) is -1.10. The number of halogens is 2. The number of hydrogen-bond donors (Lipinski definition) is 1. The molecule has 1 heterocycles. The predicted molar refractivity (Wildman–Crippen MR) is 81.9 cm³/mol. The molecule has 2 aromatic rings. The van der Waals surface area contributed by atoms with Gasteiger partial charge in [-0.3, -0.25) is 9.48 Å². The van der Waals surface area contributed by atoms with Crippen LogP contribution in [0.2, 0.25) is 10.0 Å². The fraction of sp³-hybridized carbons (Fsp3) is 0.214. The van der Waals surface area contributed by atoms with E-state index in [1.807, 2.05) is 0 Å². The molecule has 22 heavy (non-hydrogen) atoms. The summed E-state index contributed by atoms with van der Waals surface area (Å²) in [6.07, 6.45) is 2.93. The Balaban J connectivity index is 2.30. The Kier molecular flexibility index (Phi) is 5.05. The third-order valence-corrected chi connectivity index (χ3v) is 3.52. The number of hydrogen-bond acceptors (Lipinski definition) is 4. The summed E-state index contributed by atoms with van der Waals surface area (Å²) >= 11 is 11.9. The van der Waals surface area contributed by atoms with E-state index in [1.54, 1.807) is 19.2 Å². The lowest BCUT2D eigenvalue weighted by Gasteiger charge is -2.17. The molecule has 0 saturated carbocycles. The van der Waals surface area contributed by atoms with Crippen molar-refractivity contribution in [2.45, 2.75) is 6.04 Å². The Labute approximate surface area is 137 Å². The molecule has 1 N–H and O–H groups in total. The standard InChI is InChI=1S/C14H13Cl2N3O3/c1-19-7-8(6-17-19)13(20)18-12(14(21)22-2)10-4-3-9(15)5-11(10)16/h3-7,12H,1-2H3,(H,18,20)/t12-/m0/s1. The van der Waals surface area contributed by atoms with Crippen LogP contribution in [0.25, 0.3) is 0 Å². The first kappa shape index (κ1) is 16.3. The maximum Gasteiger partial charge on any atom is 0.333 e. The Morgan fingerprint density at radius 1 is 1.36 bits per heavy atom. The van der Waals surface area contributed by atoms with Gasteiger partial charge in [-0.1, -0.05) is 29.3 Å². The van der Waals surface area contributed by atoms with Gasteiger partial charge in [0, 0.05) is 28.9 Å². The molecule has 0 aliphatic carbocycles. The number of carbonyl (C=O) groups excluding carboxylic acids is 2. The molecule has 8 heteroatoms. The van der Waals surface area contributed by atoms with Crippen LogP contribution in [0.5, 0.6) is 0 Å². The number of rotatable bonds is 4. The van der Waals surface area contributed by atoms with Gasteiger partial charge in [0.05, 0.1) is 18.9 Å². The number of carbonyl (C=O) groups is 2. The third kappa shape index (κ3) is 3.58. The van der Waals surface area contributed by atoms with E-state index in [1.165, 1.54) is 30.3 Å². The predicted octanol–water partition coefficient (Wildman–Crippen LogP) is 2.37. The van der Waals surface area contributed by atoms with Gasteiger partial charge < -0.3 is 10.1 Å². The van der Waals surface area contributed by atoms with Gasteiger partial charge in [-0.05, 0) is 12.1 Å². The number of ether oxygens (including phenoxy) is 1. The lowest BCUT2D eigenvalue weighted by atomic mass is 10.1. The lowest BCUT2D eigenvalue weighted by Crippen LogP contribution is -2.34. The number of esters is 1. The molecule has 1 atom stereocenters. The molecule has 0 spiro atoms. The smallest absolute Gasteiger partial charge is 0.333 e. The molecular weight excluding hydrogens is 329 g/mol. The molecule has 0 fully saturated rings. The minimum absolute atomic E-state index is 0.259. The van der Waals surface area contributed by atoms with E-state index in [-0.39, 0.29) is 5.02 Å². The molecule has 1 amide bonds. The molecule has 6 nitrogen and oxygen atoms in total. The minimum Gasteiger partial charge on any atom is -0.467 e. The van der Waals surface area contributed by atoms with Crippen molar-refractivity contribution in [3.8, 4) is 0 Å². The van der Waals surface area contributed by atoms with E-state index in [4.69, 9.17) is 27.9 Å². The number of aromatic nitrogens is 2. The summed E-state index contributed by atoms with van der Waals surface area (Å²) in [7, 11) is 2.92. The van der Waals surface area contributed by atoms with Crippen LogP contribution in [0, 0.1) is 0 Å². The van der Waals surface area contributed by atoms with Crippen molar-refractivity contribution in [2.75, 3.05) is 7.11 Å². The number of nitrogens with one attached hydrogen (secondary N) is 1. The monoisotopic (exact) mass is 341 g/mol. The van der Waals surface area contributed by atoms with E-state index in [9.17, 15) is 9.59 Å². The lowest BCUT2D eigenvalue weighted by molar-refractivity contribution is -0.143. The third-order valence-electron chi connectivity index (χ3n) is 2.95. The minimum atomic E-state index is -1.04. The number of methoxy groups -OCH3 is 1. The highest BCUT2D eigenvalue weighted by Gasteiger charge is 2.26. The second-order valence-corrected chi connectivity index (χ2v) is 5.34. The Morgan fingerprint density at radius 2 is 2.09 bits per heavy atom. The van der Waals surface area contributed by atoms with Crippen molar-refractivity contribution in [1.29, 1.82) is 0 Å². The second-order valence-electron chi connectivity index (χ2n) is 4.50. The zero-order valence-corrected chi connectivity index (χ0v) is 13.4. The van der Waals surface area contributed by atoms with Gasteiger partial charge in [0.15, 0.2) is 6.04 Å². The molecule has 116 valence electrons. The average Bonchev–Trinajstić information content (AvgIpc) is 2.91. The largest absolute Gasteiger partial charge is 0.467 e. The van der Waals surface area contributed by atoms with Crippen LogP contribution >= 0.6 is 23.2 Å². The van der Waals surface area contributed by atoms with Crippen molar-refractivity contribution in [3.63, 3.8) is 0 Å². The van der Waals surface area contributed by atoms with Crippen LogP contribution in [0.3, 0.4) is 0 Å². The van der Waals surface area contributed by atoms with Crippen molar-refractivity contribution < 1.29 is 14.3 Å². The van der Waals surface area contributed by atoms with Crippen molar-refractivity contribution in [3.05, 3.63) is 51.8 Å². The van der Waals surface area contributed by atoms with Gasteiger partial charge in [-0.2, -0.15) is 5.10 Å². The first-order chi connectivity index (χ1) is 10.4. The van der Waals surface area contributed by atoms with Crippen molar-refractivity contribution in [2.24, 2.45) is 7.05 Å². The summed E-state index contributed by atoms with van der Waals surface area (Å²) in [5.41, 5.74) is 0.719. The van der Waals surface area contributed by atoms with E-state index in [2.05, 4.69) is 10.4 Å². The summed E-state index contributed by atoms with van der Waals surface area (Å²) in [6.45, 7) is 0. The highest BCUT2D eigenvalue weighted by atomic mass is 35.5. The first-order valence-electron chi connectivity index (χ1n) is 6.24. The SMILES string of the molecule is COC(=O)[C@@H](NC(=O)c1cnn(C)c1)c1ccc(Cl)cc1Cl. The highest BCUT2D eigenvalue weighted by Crippen LogP contribution is 2.27. The van der Waals surface area contributed by atoms with Gasteiger partial charge in [-0.15, -0.1) is 0 Å². The van der Waals surface area contributed by atoms with Crippen LogP contribution in [-0.2, 0) is 16.6 Å². The number of aryl methyl sites for hydroxylation is 1. The summed E-state index contributed by atoms with van der Waals surface area (Å²) in [4.78, 5) is 24.2. The van der Waals surface area contributed by atoms with E-state index >= 15 is 0 Å². The van der Waals surface area contributed by atoms with E-state index in [0.717, 1.165) is 0 Å². The van der Waals surface area contributed by atoms with Crippen LogP contribution in [0.1, 0.15) is 22.0 Å². The zero-order chi connectivity index (χ0) is 16.3. The maximum atomic E-state index is 12.2. The molecule has 0 unspecified atom stereocenters.